The minimum absolute atomic E-state index is 0.0298. The molecule has 2 nitrogen and oxygen atoms in total. The first kappa shape index (κ1) is 27.0. The van der Waals surface area contributed by atoms with Gasteiger partial charge in [-0.2, -0.15) is 0 Å². The molecule has 0 amide bonds. The van der Waals surface area contributed by atoms with Crippen molar-refractivity contribution < 1.29 is 9.15 Å². The normalized spacial score (nSPS) is 14.1. The van der Waals surface area contributed by atoms with Crippen LogP contribution in [0, 0.1) is 0 Å². The zero-order chi connectivity index (χ0) is 31.6. The van der Waals surface area contributed by atoms with Crippen molar-refractivity contribution in [1.29, 1.82) is 0 Å². The molecule has 2 heteroatoms. The second-order valence-electron chi connectivity index (χ2n) is 12.7. The van der Waals surface area contributed by atoms with Crippen LogP contribution in [0.4, 0.5) is 0 Å². The molecule has 9 aromatic rings. The molecule has 1 unspecified atom stereocenters. The molecule has 10 rings (SSSR count). The molecule has 2 heterocycles. The van der Waals surface area contributed by atoms with Gasteiger partial charge in [0.15, 0.2) is 0 Å². The highest BCUT2D eigenvalue weighted by atomic mass is 16.5. The minimum Gasteiger partial charge on any atom is -0.485 e. The molecule has 0 bridgehead atoms. The molecule has 0 saturated heterocycles. The number of para-hydroxylation sites is 1. The second-order valence-corrected chi connectivity index (χ2v) is 12.7. The van der Waals surface area contributed by atoms with Gasteiger partial charge in [0, 0.05) is 34.4 Å². The molecule has 1 aliphatic heterocycles. The quantitative estimate of drug-likeness (QED) is 0.184. The molecule has 1 aliphatic rings. The predicted molar refractivity (Wildman–Crippen MR) is 199 cm³/mol. The van der Waals surface area contributed by atoms with Crippen molar-refractivity contribution in [2.24, 2.45) is 0 Å². The highest BCUT2D eigenvalue weighted by Gasteiger charge is 2.30. The van der Waals surface area contributed by atoms with Gasteiger partial charge < -0.3 is 9.15 Å². The zero-order valence-electron chi connectivity index (χ0n) is 26.2. The van der Waals surface area contributed by atoms with E-state index < -0.39 is 0 Å². The molecule has 0 fully saturated rings. The van der Waals surface area contributed by atoms with Crippen LogP contribution < -0.4 is 4.74 Å². The average Bonchev–Trinajstić information content (AvgIpc) is 3.75. The van der Waals surface area contributed by atoms with Crippen molar-refractivity contribution >= 4 is 43.5 Å². The molecule has 0 spiro atoms. The molecule has 226 valence electrons. The summed E-state index contributed by atoms with van der Waals surface area (Å²) >= 11 is 0. The summed E-state index contributed by atoms with van der Waals surface area (Å²) in [6.45, 7) is 0. The maximum absolute atomic E-state index is 6.64. The van der Waals surface area contributed by atoms with Crippen molar-refractivity contribution in [3.8, 4) is 39.1 Å². The Morgan fingerprint density at radius 2 is 0.896 bits per heavy atom. The molecule has 0 N–H and O–H groups in total. The average molecular weight is 615 g/mol. The fraction of sp³-hybridized carbons (Fsp3) is 0.0435. The maximum atomic E-state index is 6.64. The van der Waals surface area contributed by atoms with Crippen molar-refractivity contribution in [1.82, 2.24) is 0 Å². The van der Waals surface area contributed by atoms with Gasteiger partial charge in [0.1, 0.15) is 23.0 Å². The molecule has 0 saturated carbocycles. The second kappa shape index (κ2) is 10.7. The number of furan rings is 1. The number of benzene rings is 8. The molecule has 0 radical (unpaired) electrons. The lowest BCUT2D eigenvalue weighted by Gasteiger charge is -2.18. The fourth-order valence-electron chi connectivity index (χ4n) is 7.92. The number of fused-ring (bicyclic) bond motifs is 6. The zero-order valence-corrected chi connectivity index (χ0v) is 26.2. The SMILES string of the molecule is c1ccc(-c2c3ccccc3c(-c3ccc(-c4c5c(cc6oc7ccccc7c46)OC(c4ccccc4)C5)cc3)c3ccccc23)cc1. The largest absolute Gasteiger partial charge is 0.485 e. The summed E-state index contributed by atoms with van der Waals surface area (Å²) in [5.41, 5.74) is 11.5. The molecule has 1 atom stereocenters. The van der Waals surface area contributed by atoms with Gasteiger partial charge in [-0.1, -0.05) is 152 Å². The van der Waals surface area contributed by atoms with Crippen LogP contribution in [0.25, 0.3) is 76.9 Å². The monoisotopic (exact) mass is 614 g/mol. The van der Waals surface area contributed by atoms with E-state index in [1.807, 2.05) is 6.07 Å². The summed E-state index contributed by atoms with van der Waals surface area (Å²) in [5.74, 6) is 0.906. The summed E-state index contributed by atoms with van der Waals surface area (Å²) in [7, 11) is 0. The third-order valence-electron chi connectivity index (χ3n) is 10.0. The van der Waals surface area contributed by atoms with Gasteiger partial charge in [0.2, 0.25) is 0 Å². The first-order valence-corrected chi connectivity index (χ1v) is 16.6. The first-order valence-electron chi connectivity index (χ1n) is 16.6. The van der Waals surface area contributed by atoms with Gasteiger partial charge >= 0.3 is 0 Å². The van der Waals surface area contributed by atoms with E-state index in [2.05, 4.69) is 158 Å². The van der Waals surface area contributed by atoms with Crippen LogP contribution in [0.15, 0.2) is 168 Å². The van der Waals surface area contributed by atoms with E-state index in [9.17, 15) is 0 Å². The minimum atomic E-state index is -0.0298. The van der Waals surface area contributed by atoms with E-state index in [-0.39, 0.29) is 6.10 Å². The highest BCUT2D eigenvalue weighted by Crippen LogP contribution is 2.49. The maximum Gasteiger partial charge on any atom is 0.139 e. The van der Waals surface area contributed by atoms with E-state index in [1.54, 1.807) is 0 Å². The van der Waals surface area contributed by atoms with Crippen LogP contribution in [-0.2, 0) is 6.42 Å². The van der Waals surface area contributed by atoms with Crippen molar-refractivity contribution in [2.45, 2.75) is 12.5 Å². The Kier molecular flexibility index (Phi) is 6.04. The molecule has 48 heavy (non-hydrogen) atoms. The van der Waals surface area contributed by atoms with Crippen LogP contribution >= 0.6 is 0 Å². The first-order chi connectivity index (χ1) is 23.8. The van der Waals surface area contributed by atoms with Gasteiger partial charge in [0.25, 0.3) is 0 Å². The van der Waals surface area contributed by atoms with E-state index in [4.69, 9.17) is 9.15 Å². The Hall–Kier alpha value is -6.12. The summed E-state index contributed by atoms with van der Waals surface area (Å²) in [4.78, 5) is 0. The topological polar surface area (TPSA) is 22.4 Å². The summed E-state index contributed by atoms with van der Waals surface area (Å²) in [5, 5.41) is 7.32. The lowest BCUT2D eigenvalue weighted by molar-refractivity contribution is 0.239. The van der Waals surface area contributed by atoms with Crippen LogP contribution in [0.5, 0.6) is 5.75 Å². The summed E-state index contributed by atoms with van der Waals surface area (Å²) in [6.07, 6.45) is 0.778. The van der Waals surface area contributed by atoms with Crippen LogP contribution in [0.3, 0.4) is 0 Å². The Balaban J connectivity index is 1.18. The van der Waals surface area contributed by atoms with Gasteiger partial charge in [0.05, 0.1) is 0 Å². The molecular formula is C46H30O2. The van der Waals surface area contributed by atoms with Gasteiger partial charge in [-0.05, 0) is 61.0 Å². The smallest absolute Gasteiger partial charge is 0.139 e. The van der Waals surface area contributed by atoms with Crippen molar-refractivity contribution in [3.63, 3.8) is 0 Å². The predicted octanol–water partition coefficient (Wildman–Crippen LogP) is 12.6. The van der Waals surface area contributed by atoms with Crippen LogP contribution in [0.2, 0.25) is 0 Å². The lowest BCUT2D eigenvalue weighted by atomic mass is 9.85. The van der Waals surface area contributed by atoms with E-state index >= 15 is 0 Å². The van der Waals surface area contributed by atoms with Crippen molar-refractivity contribution in [2.75, 3.05) is 0 Å². The number of ether oxygens (including phenoxy) is 1. The summed E-state index contributed by atoms with van der Waals surface area (Å²) in [6, 6.07) is 58.6. The van der Waals surface area contributed by atoms with Crippen LogP contribution in [-0.4, -0.2) is 0 Å². The Bertz CT molecular complexity index is 2590. The Labute approximate surface area is 278 Å². The van der Waals surface area contributed by atoms with E-state index in [0.29, 0.717) is 0 Å². The van der Waals surface area contributed by atoms with Gasteiger partial charge in [-0.25, -0.2) is 0 Å². The standard InChI is InChI=1S/C46H30O2/c1-3-13-29(14-4-1)40-27-38-41(48-40)28-42-46(37-21-11-12-22-39(37)47-42)45(38)32-25-23-31(24-26-32)44-35-19-9-7-17-33(35)43(30-15-5-2-6-16-30)34-18-8-10-20-36(34)44/h1-26,28,40H,27H2. The molecular weight excluding hydrogens is 585 g/mol. The molecule has 1 aromatic heterocycles. The Morgan fingerprint density at radius 3 is 1.50 bits per heavy atom. The molecule has 8 aromatic carbocycles. The number of rotatable bonds is 4. The number of hydrogen-bond acceptors (Lipinski definition) is 2. The third-order valence-corrected chi connectivity index (χ3v) is 10.0. The summed E-state index contributed by atoms with van der Waals surface area (Å²) < 4.78 is 13.1. The lowest BCUT2D eigenvalue weighted by Crippen LogP contribution is -2.02. The highest BCUT2D eigenvalue weighted by molar-refractivity contribution is 6.21. The van der Waals surface area contributed by atoms with Gasteiger partial charge in [-0.3, -0.25) is 0 Å². The van der Waals surface area contributed by atoms with Crippen LogP contribution in [0.1, 0.15) is 17.2 Å². The Morgan fingerprint density at radius 1 is 0.417 bits per heavy atom. The third kappa shape index (κ3) is 4.13. The van der Waals surface area contributed by atoms with Crippen molar-refractivity contribution in [3.05, 3.63) is 175 Å². The van der Waals surface area contributed by atoms with E-state index in [1.165, 1.54) is 66.1 Å². The van der Waals surface area contributed by atoms with Gasteiger partial charge in [-0.15, -0.1) is 0 Å². The fourth-order valence-corrected chi connectivity index (χ4v) is 7.92. The number of hydrogen-bond donors (Lipinski definition) is 0. The molecule has 0 aliphatic carbocycles. The van der Waals surface area contributed by atoms with E-state index in [0.717, 1.165) is 34.1 Å².